The Morgan fingerprint density at radius 1 is 1.75 bits per heavy atom. The number of carbonyl (C=O) groups is 1. The van der Waals surface area contributed by atoms with Crippen molar-refractivity contribution in [3.8, 4) is 0 Å². The van der Waals surface area contributed by atoms with Gasteiger partial charge in [-0.1, -0.05) is 23.1 Å². The summed E-state index contributed by atoms with van der Waals surface area (Å²) < 4.78 is 0.756. The maximum Gasteiger partial charge on any atom is 0.286 e. The highest BCUT2D eigenvalue weighted by Crippen LogP contribution is 2.27. The van der Waals surface area contributed by atoms with Crippen LogP contribution in [-0.2, 0) is 0 Å². The molecule has 66 valence electrons. The number of nitrogens with one attached hydrogen (secondary N) is 1. The largest absolute Gasteiger partial charge is 0.389 e. The summed E-state index contributed by atoms with van der Waals surface area (Å²) >= 11 is 2.71. The molecule has 7 heteroatoms. The standard InChI is InChI=1S/C5H8N4OS2/c1-11-5-8-2(3(6)12-5)4(10)9-7/h6-7H2,1H3,(H,9,10). The first-order chi connectivity index (χ1) is 5.69. The summed E-state index contributed by atoms with van der Waals surface area (Å²) in [5.74, 6) is 4.47. The summed E-state index contributed by atoms with van der Waals surface area (Å²) in [6.45, 7) is 0. The van der Waals surface area contributed by atoms with Crippen molar-refractivity contribution in [2.75, 3.05) is 12.0 Å². The van der Waals surface area contributed by atoms with E-state index in [-0.39, 0.29) is 5.69 Å². The fourth-order valence-corrected chi connectivity index (χ4v) is 1.98. The van der Waals surface area contributed by atoms with Gasteiger partial charge in [0.15, 0.2) is 10.0 Å². The van der Waals surface area contributed by atoms with Crippen molar-refractivity contribution >= 4 is 34.0 Å². The molecule has 12 heavy (non-hydrogen) atoms. The van der Waals surface area contributed by atoms with Crippen LogP contribution in [0.1, 0.15) is 10.5 Å². The van der Waals surface area contributed by atoms with Crippen LogP contribution < -0.4 is 17.0 Å². The monoisotopic (exact) mass is 204 g/mol. The number of hydrogen-bond donors (Lipinski definition) is 3. The van der Waals surface area contributed by atoms with E-state index in [2.05, 4.69) is 4.98 Å². The minimum atomic E-state index is -0.455. The number of amides is 1. The van der Waals surface area contributed by atoms with Gasteiger partial charge in [0.2, 0.25) is 0 Å². The second-order valence-corrected chi connectivity index (χ2v) is 3.95. The van der Waals surface area contributed by atoms with Gasteiger partial charge in [0, 0.05) is 0 Å². The molecule has 5 N–H and O–H groups in total. The Kier molecular flexibility index (Phi) is 2.90. The first-order valence-corrected chi connectivity index (χ1v) is 5.04. The van der Waals surface area contributed by atoms with Gasteiger partial charge in [-0.15, -0.1) is 0 Å². The van der Waals surface area contributed by atoms with Crippen LogP contribution in [0.15, 0.2) is 4.34 Å². The minimum Gasteiger partial charge on any atom is -0.389 e. The molecule has 0 aliphatic rings. The summed E-state index contributed by atoms with van der Waals surface area (Å²) in [7, 11) is 0. The molecule has 1 aromatic heterocycles. The molecule has 5 nitrogen and oxygen atoms in total. The summed E-state index contributed by atoms with van der Waals surface area (Å²) in [6, 6.07) is 0. The summed E-state index contributed by atoms with van der Waals surface area (Å²) in [5, 5.41) is 0.391. The summed E-state index contributed by atoms with van der Waals surface area (Å²) in [5.41, 5.74) is 7.70. The van der Waals surface area contributed by atoms with Crippen LogP contribution in [0.5, 0.6) is 0 Å². The van der Waals surface area contributed by atoms with Crippen LogP contribution in [-0.4, -0.2) is 17.1 Å². The van der Waals surface area contributed by atoms with E-state index < -0.39 is 5.91 Å². The van der Waals surface area contributed by atoms with Gasteiger partial charge in [-0.05, 0) is 6.26 Å². The smallest absolute Gasteiger partial charge is 0.286 e. The van der Waals surface area contributed by atoms with Gasteiger partial charge in [-0.3, -0.25) is 10.2 Å². The quantitative estimate of drug-likeness (QED) is 0.274. The number of nitrogens with zero attached hydrogens (tertiary/aromatic N) is 1. The van der Waals surface area contributed by atoms with Crippen LogP contribution in [0.2, 0.25) is 0 Å². The molecule has 1 aromatic rings. The van der Waals surface area contributed by atoms with Gasteiger partial charge in [0.1, 0.15) is 5.00 Å². The number of thioether (sulfide) groups is 1. The number of aromatic nitrogens is 1. The first-order valence-electron chi connectivity index (χ1n) is 3.00. The number of thiazole rings is 1. The van der Waals surface area contributed by atoms with Crippen LogP contribution >= 0.6 is 23.1 Å². The lowest BCUT2D eigenvalue weighted by molar-refractivity contribution is 0.0950. The molecule has 0 unspecified atom stereocenters. The Morgan fingerprint density at radius 3 is 2.83 bits per heavy atom. The van der Waals surface area contributed by atoms with E-state index in [0.717, 1.165) is 4.34 Å². The number of rotatable bonds is 2. The van der Waals surface area contributed by atoms with E-state index in [9.17, 15) is 4.79 Å². The van der Waals surface area contributed by atoms with E-state index in [1.54, 1.807) is 0 Å². The van der Waals surface area contributed by atoms with Gasteiger partial charge >= 0.3 is 0 Å². The maximum atomic E-state index is 11.0. The number of carbonyl (C=O) groups excluding carboxylic acids is 1. The van der Waals surface area contributed by atoms with Crippen molar-refractivity contribution in [2.24, 2.45) is 5.84 Å². The zero-order chi connectivity index (χ0) is 9.14. The van der Waals surface area contributed by atoms with Gasteiger partial charge in [-0.25, -0.2) is 10.8 Å². The molecule has 0 bridgehead atoms. The van der Waals surface area contributed by atoms with Crippen molar-refractivity contribution in [1.29, 1.82) is 0 Å². The molecular formula is C5H8N4OS2. The van der Waals surface area contributed by atoms with Crippen LogP contribution in [0.25, 0.3) is 0 Å². The Labute approximate surface area is 77.5 Å². The molecule has 0 fully saturated rings. The molecule has 0 atom stereocenters. The molecule has 0 radical (unpaired) electrons. The molecule has 0 spiro atoms. The number of hydrazine groups is 1. The Bertz CT molecular complexity index is 298. The first kappa shape index (κ1) is 9.30. The third-order valence-corrected chi connectivity index (χ3v) is 3.02. The predicted molar refractivity (Wildman–Crippen MR) is 50.0 cm³/mol. The van der Waals surface area contributed by atoms with Crippen LogP contribution in [0, 0.1) is 0 Å². The van der Waals surface area contributed by atoms with Gasteiger partial charge in [0.05, 0.1) is 0 Å². The molecule has 0 aliphatic heterocycles. The fourth-order valence-electron chi connectivity index (χ4n) is 0.630. The second kappa shape index (κ2) is 3.74. The Morgan fingerprint density at radius 2 is 2.42 bits per heavy atom. The molecule has 0 saturated carbocycles. The normalized spacial score (nSPS) is 9.83. The molecule has 1 rings (SSSR count). The minimum absolute atomic E-state index is 0.201. The summed E-state index contributed by atoms with van der Waals surface area (Å²) in [4.78, 5) is 14.9. The number of anilines is 1. The molecule has 0 saturated heterocycles. The van der Waals surface area contributed by atoms with Crippen molar-refractivity contribution in [1.82, 2.24) is 10.4 Å². The Balaban J connectivity index is 2.99. The van der Waals surface area contributed by atoms with Crippen molar-refractivity contribution in [3.63, 3.8) is 0 Å². The fraction of sp³-hybridized carbons (Fsp3) is 0.200. The molecule has 1 amide bonds. The summed E-state index contributed by atoms with van der Waals surface area (Å²) in [6.07, 6.45) is 1.86. The number of nitrogens with two attached hydrogens (primary N) is 2. The van der Waals surface area contributed by atoms with Crippen molar-refractivity contribution in [2.45, 2.75) is 4.34 Å². The molecule has 1 heterocycles. The third kappa shape index (κ3) is 1.68. The van der Waals surface area contributed by atoms with Crippen molar-refractivity contribution < 1.29 is 4.79 Å². The highest BCUT2D eigenvalue weighted by atomic mass is 32.2. The third-order valence-electron chi connectivity index (χ3n) is 1.15. The van der Waals surface area contributed by atoms with Crippen LogP contribution in [0.4, 0.5) is 5.00 Å². The van der Waals surface area contributed by atoms with Gasteiger partial charge < -0.3 is 5.73 Å². The topological polar surface area (TPSA) is 94.0 Å². The highest BCUT2D eigenvalue weighted by Gasteiger charge is 2.14. The van der Waals surface area contributed by atoms with Crippen molar-refractivity contribution in [3.05, 3.63) is 5.69 Å². The molecule has 0 aromatic carbocycles. The van der Waals surface area contributed by atoms with Crippen LogP contribution in [0.3, 0.4) is 0 Å². The van der Waals surface area contributed by atoms with E-state index >= 15 is 0 Å². The van der Waals surface area contributed by atoms with E-state index in [1.165, 1.54) is 23.1 Å². The predicted octanol–water partition coefficient (Wildman–Crippen LogP) is 0.0507. The van der Waals surface area contributed by atoms with Gasteiger partial charge in [0.25, 0.3) is 5.91 Å². The van der Waals surface area contributed by atoms with E-state index in [4.69, 9.17) is 11.6 Å². The maximum absolute atomic E-state index is 11.0. The number of hydrogen-bond acceptors (Lipinski definition) is 6. The van der Waals surface area contributed by atoms with Gasteiger partial charge in [-0.2, -0.15) is 0 Å². The second-order valence-electron chi connectivity index (χ2n) is 1.87. The molecular weight excluding hydrogens is 196 g/mol. The highest BCUT2D eigenvalue weighted by molar-refractivity contribution is 8.00. The zero-order valence-corrected chi connectivity index (χ0v) is 7.96. The average molecular weight is 204 g/mol. The van der Waals surface area contributed by atoms with E-state index in [1.807, 2.05) is 11.7 Å². The number of nitrogen functional groups attached to an aromatic ring is 2. The Hall–Kier alpha value is -0.790. The molecule has 0 aliphatic carbocycles. The zero-order valence-electron chi connectivity index (χ0n) is 6.33. The van der Waals surface area contributed by atoms with E-state index in [0.29, 0.717) is 5.00 Å². The lowest BCUT2D eigenvalue weighted by Gasteiger charge is -1.93. The lowest BCUT2D eigenvalue weighted by atomic mass is 10.4. The average Bonchev–Trinajstić information content (AvgIpc) is 2.45. The SMILES string of the molecule is CSc1nc(C(=O)NN)c(N)s1. The lowest BCUT2D eigenvalue weighted by Crippen LogP contribution is -2.30.